The van der Waals surface area contributed by atoms with E-state index in [-0.39, 0.29) is 12.7 Å². The average Bonchev–Trinajstić information content (AvgIpc) is 3.18. The van der Waals surface area contributed by atoms with Crippen LogP contribution in [0.2, 0.25) is 0 Å². The number of unbranched alkanes of at least 4 members (excludes halogenated alkanes) is 3. The zero-order valence-corrected chi connectivity index (χ0v) is 19.4. The van der Waals surface area contributed by atoms with E-state index in [1.807, 2.05) is 12.1 Å². The molecule has 0 bridgehead atoms. The highest BCUT2D eigenvalue weighted by atomic mass is 19.1. The summed E-state index contributed by atoms with van der Waals surface area (Å²) in [5, 5.41) is 5.80. The fourth-order valence-corrected chi connectivity index (χ4v) is 4.98. The number of pyridine rings is 1. The van der Waals surface area contributed by atoms with E-state index in [0.717, 1.165) is 38.0 Å². The first-order valence-electron chi connectivity index (χ1n) is 12.3. The lowest BCUT2D eigenvalue weighted by Crippen LogP contribution is -2.59. The molecule has 2 N–H and O–H groups in total. The Kier molecular flexibility index (Phi) is 8.53. The summed E-state index contributed by atoms with van der Waals surface area (Å²) in [6.07, 6.45) is 9.21. The van der Waals surface area contributed by atoms with E-state index in [2.05, 4.69) is 49.7 Å². The number of halogens is 1. The average molecular weight is 454 g/mol. The maximum atomic E-state index is 12.6. The van der Waals surface area contributed by atoms with Gasteiger partial charge in [-0.1, -0.05) is 43.5 Å². The van der Waals surface area contributed by atoms with Gasteiger partial charge in [-0.15, -0.1) is 0 Å². The Morgan fingerprint density at radius 2 is 1.88 bits per heavy atom. The molecule has 1 fully saturated rings. The van der Waals surface area contributed by atoms with E-state index in [0.29, 0.717) is 31.6 Å². The van der Waals surface area contributed by atoms with Crippen LogP contribution in [0, 0.1) is 0 Å². The number of carbonyl (C=O) groups excluding carboxylic acids is 1. The fraction of sp³-hybridized carbons (Fsp3) is 0.538. The smallest absolute Gasteiger partial charge is 0.315 e. The van der Waals surface area contributed by atoms with Gasteiger partial charge in [0.25, 0.3) is 0 Å². The van der Waals surface area contributed by atoms with Crippen molar-refractivity contribution in [3.05, 3.63) is 59.9 Å². The zero-order chi connectivity index (χ0) is 22.9. The number of amides is 2. The quantitative estimate of drug-likeness (QED) is 0.475. The normalized spacial score (nSPS) is 18.1. The predicted molar refractivity (Wildman–Crippen MR) is 130 cm³/mol. The molecule has 4 rings (SSSR count). The minimum Gasteiger partial charge on any atom is -0.365 e. The highest BCUT2D eigenvalue weighted by Crippen LogP contribution is 2.41. The van der Waals surface area contributed by atoms with E-state index < -0.39 is 0 Å². The second-order valence-electron chi connectivity index (χ2n) is 9.18. The Morgan fingerprint density at radius 3 is 2.70 bits per heavy atom. The lowest BCUT2D eigenvalue weighted by molar-refractivity contribution is 0.134. The number of carbonyl (C=O) groups is 1. The summed E-state index contributed by atoms with van der Waals surface area (Å²) in [6.45, 7) is 4.56. The Hall–Kier alpha value is -2.67. The molecule has 2 aromatic rings. The number of rotatable bonds is 12. The number of hydrogen-bond donors (Lipinski definition) is 2. The number of para-hydroxylation sites is 1. The number of nitrogens with zero attached hydrogens (tertiary/aromatic N) is 3. The Labute approximate surface area is 196 Å². The van der Waals surface area contributed by atoms with Gasteiger partial charge < -0.3 is 15.5 Å². The number of fused-ring (bicyclic) bond motifs is 1. The second kappa shape index (κ2) is 12.0. The minimum atomic E-state index is -0.252. The van der Waals surface area contributed by atoms with Crippen molar-refractivity contribution < 1.29 is 9.18 Å². The van der Waals surface area contributed by atoms with Gasteiger partial charge in [-0.05, 0) is 36.1 Å². The molecule has 1 aromatic heterocycles. The molecule has 1 saturated heterocycles. The molecule has 1 aromatic carbocycles. The van der Waals surface area contributed by atoms with Crippen molar-refractivity contribution >= 4 is 11.7 Å². The van der Waals surface area contributed by atoms with Crippen LogP contribution in [-0.2, 0) is 6.54 Å². The number of likely N-dealkylation sites (tertiary alicyclic amines) is 1. The number of aromatic nitrogens is 1. The number of nitrogens with one attached hydrogen (secondary N) is 2. The SMILES string of the molecule is O=C(NCCCCCCC1CN(C2CN(CCF)C2)c2ccccc21)NCc1cccnc1. The molecule has 0 saturated carbocycles. The molecule has 1 unspecified atom stereocenters. The van der Waals surface area contributed by atoms with Crippen LogP contribution < -0.4 is 15.5 Å². The van der Waals surface area contributed by atoms with Crippen molar-refractivity contribution in [1.29, 1.82) is 0 Å². The fourth-order valence-electron chi connectivity index (χ4n) is 4.98. The van der Waals surface area contributed by atoms with E-state index in [1.54, 1.807) is 12.4 Å². The van der Waals surface area contributed by atoms with E-state index in [1.165, 1.54) is 30.5 Å². The first kappa shape index (κ1) is 23.5. The third-order valence-electron chi connectivity index (χ3n) is 6.82. The van der Waals surface area contributed by atoms with Crippen LogP contribution in [0.5, 0.6) is 0 Å². The molecular weight excluding hydrogens is 417 g/mol. The number of hydrogen-bond acceptors (Lipinski definition) is 4. The Bertz CT molecular complexity index is 874. The first-order valence-corrected chi connectivity index (χ1v) is 12.3. The van der Waals surface area contributed by atoms with Gasteiger partial charge in [0, 0.05) is 63.3 Å². The van der Waals surface area contributed by atoms with Crippen molar-refractivity contribution in [1.82, 2.24) is 20.5 Å². The molecule has 3 heterocycles. The maximum Gasteiger partial charge on any atom is 0.315 e. The number of urea groups is 1. The van der Waals surface area contributed by atoms with E-state index in [4.69, 9.17) is 0 Å². The van der Waals surface area contributed by atoms with Gasteiger partial charge in [-0.25, -0.2) is 9.18 Å². The van der Waals surface area contributed by atoms with E-state index >= 15 is 0 Å². The molecule has 0 spiro atoms. The number of anilines is 1. The Morgan fingerprint density at radius 1 is 1.03 bits per heavy atom. The highest BCUT2D eigenvalue weighted by molar-refractivity contribution is 5.73. The number of benzene rings is 1. The largest absolute Gasteiger partial charge is 0.365 e. The lowest BCUT2D eigenvalue weighted by atomic mass is 9.95. The van der Waals surface area contributed by atoms with Crippen LogP contribution in [0.15, 0.2) is 48.8 Å². The van der Waals surface area contributed by atoms with Crippen LogP contribution in [0.3, 0.4) is 0 Å². The summed E-state index contributed by atoms with van der Waals surface area (Å²) in [5.74, 6) is 0.591. The third kappa shape index (κ3) is 6.44. The van der Waals surface area contributed by atoms with Crippen LogP contribution >= 0.6 is 0 Å². The summed E-state index contributed by atoms with van der Waals surface area (Å²) in [5.41, 5.74) is 3.86. The standard InChI is InChI=1S/C26H36FN5O/c27-12-15-31-19-23(20-31)32-18-22(24-10-4-5-11-25(24)32)9-3-1-2-6-14-29-26(33)30-17-21-8-7-13-28-16-21/h4-5,7-8,10-11,13,16,22-23H,1-3,6,9,12,14-15,17-20H2,(H2,29,30,33). The van der Waals surface area contributed by atoms with Gasteiger partial charge >= 0.3 is 6.03 Å². The van der Waals surface area contributed by atoms with Crippen molar-refractivity contribution in [2.75, 3.05) is 44.3 Å². The topological polar surface area (TPSA) is 60.5 Å². The lowest BCUT2D eigenvalue weighted by Gasteiger charge is -2.45. The monoisotopic (exact) mass is 453 g/mol. The van der Waals surface area contributed by atoms with Gasteiger partial charge in [-0.2, -0.15) is 0 Å². The summed E-state index contributed by atoms with van der Waals surface area (Å²) >= 11 is 0. The van der Waals surface area contributed by atoms with Crippen molar-refractivity contribution in [3.8, 4) is 0 Å². The predicted octanol–water partition coefficient (Wildman–Crippen LogP) is 4.09. The third-order valence-corrected chi connectivity index (χ3v) is 6.82. The molecule has 6 nitrogen and oxygen atoms in total. The maximum absolute atomic E-state index is 12.6. The van der Waals surface area contributed by atoms with Crippen LogP contribution in [0.1, 0.15) is 49.1 Å². The summed E-state index contributed by atoms with van der Waals surface area (Å²) in [7, 11) is 0. The van der Waals surface area contributed by atoms with Gasteiger partial charge in [0.15, 0.2) is 0 Å². The first-order chi connectivity index (χ1) is 16.2. The summed E-state index contributed by atoms with van der Waals surface area (Å²) < 4.78 is 12.6. The molecule has 178 valence electrons. The molecule has 33 heavy (non-hydrogen) atoms. The van der Waals surface area contributed by atoms with E-state index in [9.17, 15) is 9.18 Å². The van der Waals surface area contributed by atoms with Crippen molar-refractivity contribution in [2.45, 2.75) is 50.6 Å². The molecule has 7 heteroatoms. The molecule has 2 aliphatic rings. The summed E-state index contributed by atoms with van der Waals surface area (Å²) in [4.78, 5) is 20.7. The van der Waals surface area contributed by atoms with Crippen molar-refractivity contribution in [2.24, 2.45) is 0 Å². The summed E-state index contributed by atoms with van der Waals surface area (Å²) in [6, 6.07) is 13.0. The molecule has 0 aliphatic carbocycles. The van der Waals surface area contributed by atoms with Gasteiger partial charge in [-0.3, -0.25) is 9.88 Å². The van der Waals surface area contributed by atoms with Gasteiger partial charge in [0.2, 0.25) is 0 Å². The molecule has 2 amide bonds. The minimum absolute atomic E-state index is 0.123. The number of alkyl halides is 1. The van der Waals surface area contributed by atoms with Gasteiger partial charge in [0.05, 0.1) is 6.04 Å². The van der Waals surface area contributed by atoms with Crippen LogP contribution in [-0.4, -0.2) is 61.4 Å². The highest BCUT2D eigenvalue weighted by Gasteiger charge is 2.37. The molecule has 1 atom stereocenters. The molecular formula is C26H36FN5O. The molecule has 0 radical (unpaired) electrons. The van der Waals surface area contributed by atoms with Gasteiger partial charge in [0.1, 0.15) is 6.67 Å². The Balaban J connectivity index is 1.10. The van der Waals surface area contributed by atoms with Crippen LogP contribution in [0.25, 0.3) is 0 Å². The van der Waals surface area contributed by atoms with Crippen LogP contribution in [0.4, 0.5) is 14.9 Å². The van der Waals surface area contributed by atoms with Crippen molar-refractivity contribution in [3.63, 3.8) is 0 Å². The second-order valence-corrected chi connectivity index (χ2v) is 9.18. The zero-order valence-electron chi connectivity index (χ0n) is 19.4. The molecule has 2 aliphatic heterocycles.